The molecule has 0 aliphatic heterocycles. The largest absolute Gasteiger partial charge is 0.387 e. The van der Waals surface area contributed by atoms with Gasteiger partial charge in [0.2, 0.25) is 0 Å². The van der Waals surface area contributed by atoms with Crippen molar-refractivity contribution in [2.24, 2.45) is 0 Å². The summed E-state index contributed by atoms with van der Waals surface area (Å²) in [7, 11) is 0. The van der Waals surface area contributed by atoms with E-state index in [0.717, 1.165) is 11.1 Å². The van der Waals surface area contributed by atoms with Crippen LogP contribution in [0.4, 0.5) is 10.1 Å². The smallest absolute Gasteiger partial charge is 0.124 e. The van der Waals surface area contributed by atoms with Gasteiger partial charge in [0.25, 0.3) is 0 Å². The summed E-state index contributed by atoms with van der Waals surface area (Å²) in [4.78, 5) is 4.26. The Morgan fingerprint density at radius 2 is 2.00 bits per heavy atom. The highest BCUT2D eigenvalue weighted by Crippen LogP contribution is 2.29. The molecule has 0 saturated carbocycles. The quantitative estimate of drug-likeness (QED) is 0.756. The lowest BCUT2D eigenvalue weighted by Crippen LogP contribution is -2.14. The SMILES string of the molecule is Cc1ccccc1C(O)CNc1c(C#N)cnc2c(C)cc(F)cc12. The molecule has 126 valence electrons. The van der Waals surface area contributed by atoms with Gasteiger partial charge in [-0.3, -0.25) is 4.98 Å². The summed E-state index contributed by atoms with van der Waals surface area (Å²) in [5.41, 5.74) is 3.93. The minimum atomic E-state index is -0.745. The van der Waals surface area contributed by atoms with Gasteiger partial charge in [-0.15, -0.1) is 0 Å². The highest BCUT2D eigenvalue weighted by atomic mass is 19.1. The number of nitrogens with one attached hydrogen (secondary N) is 1. The average molecular weight is 335 g/mol. The zero-order chi connectivity index (χ0) is 18.0. The molecule has 1 unspecified atom stereocenters. The van der Waals surface area contributed by atoms with Crippen molar-refractivity contribution < 1.29 is 9.50 Å². The molecular weight excluding hydrogens is 317 g/mol. The molecule has 5 heteroatoms. The summed E-state index contributed by atoms with van der Waals surface area (Å²) in [5.74, 6) is -0.385. The lowest BCUT2D eigenvalue weighted by Gasteiger charge is -2.17. The minimum absolute atomic E-state index is 0.203. The van der Waals surface area contributed by atoms with Crippen LogP contribution in [0.2, 0.25) is 0 Å². The number of aliphatic hydroxyl groups is 1. The fourth-order valence-corrected chi connectivity index (χ4v) is 2.98. The van der Waals surface area contributed by atoms with Gasteiger partial charge in [0.15, 0.2) is 0 Å². The van der Waals surface area contributed by atoms with Crippen molar-refractivity contribution in [2.45, 2.75) is 20.0 Å². The predicted molar refractivity (Wildman–Crippen MR) is 95.8 cm³/mol. The molecule has 3 rings (SSSR count). The van der Waals surface area contributed by atoms with Crippen LogP contribution in [-0.4, -0.2) is 16.6 Å². The molecule has 0 fully saturated rings. The Hall–Kier alpha value is -2.97. The number of aliphatic hydroxyl groups excluding tert-OH is 1. The van der Waals surface area contributed by atoms with E-state index in [1.54, 1.807) is 6.92 Å². The molecule has 0 aliphatic carbocycles. The van der Waals surface area contributed by atoms with Crippen molar-refractivity contribution in [3.63, 3.8) is 0 Å². The van der Waals surface area contributed by atoms with Crippen LogP contribution in [0.25, 0.3) is 10.9 Å². The predicted octanol–water partition coefficient (Wildman–Crippen LogP) is 4.01. The highest BCUT2D eigenvalue weighted by molar-refractivity contribution is 5.95. The Balaban J connectivity index is 1.98. The number of benzene rings is 2. The third kappa shape index (κ3) is 3.30. The summed E-state index contributed by atoms with van der Waals surface area (Å²) < 4.78 is 13.8. The van der Waals surface area contributed by atoms with Gasteiger partial charge in [0, 0.05) is 18.1 Å². The molecule has 0 aliphatic rings. The van der Waals surface area contributed by atoms with Crippen LogP contribution in [0.3, 0.4) is 0 Å². The highest BCUT2D eigenvalue weighted by Gasteiger charge is 2.15. The summed E-state index contributed by atoms with van der Waals surface area (Å²) in [6.07, 6.45) is 0.723. The number of pyridine rings is 1. The maximum absolute atomic E-state index is 13.8. The number of hydrogen-bond donors (Lipinski definition) is 2. The third-order valence-corrected chi connectivity index (χ3v) is 4.27. The first-order valence-corrected chi connectivity index (χ1v) is 7.97. The molecule has 0 bridgehead atoms. The lowest BCUT2D eigenvalue weighted by atomic mass is 10.0. The number of nitriles is 1. The number of hydrogen-bond acceptors (Lipinski definition) is 4. The van der Waals surface area contributed by atoms with Crippen molar-refractivity contribution in [1.82, 2.24) is 4.98 Å². The summed E-state index contributed by atoms with van der Waals surface area (Å²) in [5, 5.41) is 23.5. The Morgan fingerprint density at radius 1 is 1.24 bits per heavy atom. The molecule has 0 radical (unpaired) electrons. The van der Waals surface area contributed by atoms with Crippen molar-refractivity contribution >= 4 is 16.6 Å². The van der Waals surface area contributed by atoms with Gasteiger partial charge < -0.3 is 10.4 Å². The van der Waals surface area contributed by atoms with Crippen LogP contribution < -0.4 is 5.32 Å². The molecule has 0 spiro atoms. The molecule has 25 heavy (non-hydrogen) atoms. The van der Waals surface area contributed by atoms with Gasteiger partial charge in [-0.2, -0.15) is 5.26 Å². The van der Waals surface area contributed by atoms with Gasteiger partial charge in [0.1, 0.15) is 11.9 Å². The van der Waals surface area contributed by atoms with E-state index in [1.807, 2.05) is 31.2 Å². The molecule has 2 aromatic carbocycles. The maximum Gasteiger partial charge on any atom is 0.124 e. The van der Waals surface area contributed by atoms with Gasteiger partial charge in [0.05, 0.1) is 22.9 Å². The van der Waals surface area contributed by atoms with Crippen LogP contribution >= 0.6 is 0 Å². The van der Waals surface area contributed by atoms with Crippen LogP contribution in [-0.2, 0) is 0 Å². The molecule has 1 heterocycles. The average Bonchev–Trinajstić information content (AvgIpc) is 2.59. The van der Waals surface area contributed by atoms with Gasteiger partial charge in [-0.25, -0.2) is 4.39 Å². The topological polar surface area (TPSA) is 68.9 Å². The second-order valence-electron chi connectivity index (χ2n) is 6.03. The summed E-state index contributed by atoms with van der Waals surface area (Å²) in [6, 6.07) is 12.4. The second kappa shape index (κ2) is 6.88. The number of aryl methyl sites for hydroxylation is 2. The molecule has 0 saturated heterocycles. The minimum Gasteiger partial charge on any atom is -0.387 e. The van der Waals surface area contributed by atoms with Crippen molar-refractivity contribution in [3.05, 3.63) is 70.7 Å². The number of fused-ring (bicyclic) bond motifs is 1. The standard InChI is InChI=1S/C20H18FN3O/c1-12-5-3-4-6-16(12)18(25)11-24-20-14(9-22)10-23-19-13(2)7-15(21)8-17(19)20/h3-8,10,18,25H,11H2,1-2H3,(H,23,24). The van der Waals surface area contributed by atoms with Crippen LogP contribution in [0.1, 0.15) is 28.4 Å². The first-order valence-electron chi connectivity index (χ1n) is 7.97. The van der Waals surface area contributed by atoms with E-state index in [-0.39, 0.29) is 12.4 Å². The Labute approximate surface area is 145 Å². The second-order valence-corrected chi connectivity index (χ2v) is 6.03. The molecule has 0 amide bonds. The van der Waals surface area contributed by atoms with Crippen LogP contribution in [0.15, 0.2) is 42.6 Å². The fourth-order valence-electron chi connectivity index (χ4n) is 2.98. The maximum atomic E-state index is 13.8. The Bertz CT molecular complexity index is 979. The zero-order valence-corrected chi connectivity index (χ0v) is 14.0. The normalized spacial score (nSPS) is 12.0. The first kappa shape index (κ1) is 16.9. The Kier molecular flexibility index (Phi) is 4.64. The van der Waals surface area contributed by atoms with E-state index in [2.05, 4.69) is 16.4 Å². The number of rotatable bonds is 4. The fraction of sp³-hybridized carbons (Fsp3) is 0.200. The lowest BCUT2D eigenvalue weighted by molar-refractivity contribution is 0.191. The van der Waals surface area contributed by atoms with Crippen molar-refractivity contribution in [2.75, 3.05) is 11.9 Å². The number of halogens is 1. The monoisotopic (exact) mass is 335 g/mol. The molecule has 1 aromatic heterocycles. The third-order valence-electron chi connectivity index (χ3n) is 4.27. The van der Waals surface area contributed by atoms with Gasteiger partial charge in [-0.1, -0.05) is 24.3 Å². The van der Waals surface area contributed by atoms with Crippen LogP contribution in [0.5, 0.6) is 0 Å². The van der Waals surface area contributed by atoms with E-state index < -0.39 is 6.10 Å². The number of nitrogens with zero attached hydrogens (tertiary/aromatic N) is 2. The molecule has 4 nitrogen and oxygen atoms in total. The molecule has 2 N–H and O–H groups in total. The summed E-state index contributed by atoms with van der Waals surface area (Å²) in [6.45, 7) is 3.91. The van der Waals surface area contributed by atoms with E-state index in [4.69, 9.17) is 0 Å². The summed E-state index contributed by atoms with van der Waals surface area (Å²) >= 11 is 0. The Morgan fingerprint density at radius 3 is 2.72 bits per heavy atom. The van der Waals surface area contributed by atoms with E-state index >= 15 is 0 Å². The zero-order valence-electron chi connectivity index (χ0n) is 14.0. The van der Waals surface area contributed by atoms with E-state index in [9.17, 15) is 14.8 Å². The first-order chi connectivity index (χ1) is 12.0. The molecule has 3 aromatic rings. The van der Waals surface area contributed by atoms with Crippen molar-refractivity contribution in [1.29, 1.82) is 5.26 Å². The van der Waals surface area contributed by atoms with Gasteiger partial charge in [-0.05, 0) is 42.7 Å². The number of anilines is 1. The van der Waals surface area contributed by atoms with Crippen molar-refractivity contribution in [3.8, 4) is 6.07 Å². The molecular formula is C20H18FN3O. The van der Waals surface area contributed by atoms with E-state index in [1.165, 1.54) is 18.3 Å². The van der Waals surface area contributed by atoms with Crippen LogP contribution in [0, 0.1) is 31.0 Å². The molecule has 1 atom stereocenters. The van der Waals surface area contributed by atoms with E-state index in [0.29, 0.717) is 27.7 Å². The number of aromatic nitrogens is 1. The van der Waals surface area contributed by atoms with Gasteiger partial charge >= 0.3 is 0 Å².